The van der Waals surface area contributed by atoms with Crippen molar-refractivity contribution in [2.24, 2.45) is 0 Å². The van der Waals surface area contributed by atoms with E-state index in [1.165, 1.54) is 24.2 Å². The summed E-state index contributed by atoms with van der Waals surface area (Å²) in [5, 5.41) is 3.96. The fourth-order valence-electron chi connectivity index (χ4n) is 3.87. The second kappa shape index (κ2) is 10.5. The van der Waals surface area contributed by atoms with Gasteiger partial charge in [-0.15, -0.1) is 0 Å². The van der Waals surface area contributed by atoms with Gasteiger partial charge in [-0.2, -0.15) is 0 Å². The zero-order chi connectivity index (χ0) is 26.2. The fourth-order valence-corrected chi connectivity index (χ4v) is 6.87. The standard InChI is InChI=1S/C24H25BrN6O4S2/c1-14(2)27-8-3-9-31-23-21(22(26)28-12-29-23)30-24(31)36-19-10-17-18(35-13-34-17)11-20(19)37(32,33)16-6-4-15(25)5-7-16/h4-7,10-12,14,27H,3,8-9,13H2,1-2H3,(H2,26,28,29). The minimum Gasteiger partial charge on any atom is -0.454 e. The van der Waals surface area contributed by atoms with Crippen LogP contribution in [0.4, 0.5) is 5.82 Å². The largest absolute Gasteiger partial charge is 0.454 e. The number of anilines is 1. The minimum absolute atomic E-state index is 0.0225. The molecule has 2 aromatic heterocycles. The molecule has 5 rings (SSSR count). The van der Waals surface area contributed by atoms with E-state index in [9.17, 15) is 8.42 Å². The van der Waals surface area contributed by atoms with Crippen LogP contribution in [0, 0.1) is 0 Å². The first kappa shape index (κ1) is 25.8. The van der Waals surface area contributed by atoms with E-state index in [0.717, 1.165) is 17.4 Å². The Kier molecular flexibility index (Phi) is 7.30. The van der Waals surface area contributed by atoms with Crippen molar-refractivity contribution < 1.29 is 17.9 Å². The summed E-state index contributed by atoms with van der Waals surface area (Å²) < 4.78 is 41.3. The number of aryl methyl sites for hydroxylation is 1. The topological polar surface area (TPSA) is 134 Å². The van der Waals surface area contributed by atoms with Gasteiger partial charge in [0.1, 0.15) is 6.33 Å². The predicted octanol–water partition coefficient (Wildman–Crippen LogP) is 4.27. The van der Waals surface area contributed by atoms with Crippen LogP contribution >= 0.6 is 27.7 Å². The quantitative estimate of drug-likeness (QED) is 0.267. The van der Waals surface area contributed by atoms with E-state index in [1.54, 1.807) is 30.3 Å². The molecule has 10 nitrogen and oxygen atoms in total. The molecular formula is C24H25BrN6O4S2. The zero-order valence-corrected chi connectivity index (χ0v) is 23.4. The Bertz CT molecular complexity index is 1560. The summed E-state index contributed by atoms with van der Waals surface area (Å²) in [6, 6.07) is 10.1. The predicted molar refractivity (Wildman–Crippen MR) is 144 cm³/mol. The number of nitrogens with two attached hydrogens (primary N) is 1. The van der Waals surface area contributed by atoms with Crippen molar-refractivity contribution in [2.75, 3.05) is 19.1 Å². The lowest BCUT2D eigenvalue weighted by atomic mass is 10.3. The Balaban J connectivity index is 1.59. The lowest BCUT2D eigenvalue weighted by molar-refractivity contribution is 0.174. The molecule has 1 aliphatic rings. The Hall–Kier alpha value is -2.87. The van der Waals surface area contributed by atoms with Crippen LogP contribution in [0.5, 0.6) is 11.5 Å². The Morgan fingerprint density at radius 1 is 1.16 bits per heavy atom. The van der Waals surface area contributed by atoms with Gasteiger partial charge >= 0.3 is 0 Å². The van der Waals surface area contributed by atoms with E-state index in [2.05, 4.69) is 45.1 Å². The van der Waals surface area contributed by atoms with Gasteiger partial charge in [0.25, 0.3) is 0 Å². The van der Waals surface area contributed by atoms with E-state index in [-0.39, 0.29) is 22.4 Å². The highest BCUT2D eigenvalue weighted by Crippen LogP contribution is 2.44. The summed E-state index contributed by atoms with van der Waals surface area (Å²) in [5.41, 5.74) is 7.17. The molecule has 3 N–H and O–H groups in total. The third-order valence-electron chi connectivity index (χ3n) is 5.69. The van der Waals surface area contributed by atoms with E-state index in [1.807, 2.05) is 4.57 Å². The summed E-state index contributed by atoms with van der Waals surface area (Å²) in [7, 11) is -3.89. The molecule has 0 unspecified atom stereocenters. The van der Waals surface area contributed by atoms with Crippen LogP contribution in [0.25, 0.3) is 11.2 Å². The Morgan fingerprint density at radius 3 is 2.62 bits per heavy atom. The highest BCUT2D eigenvalue weighted by Gasteiger charge is 2.28. The number of aromatic nitrogens is 4. The minimum atomic E-state index is -3.89. The molecule has 13 heteroatoms. The van der Waals surface area contributed by atoms with Crippen molar-refractivity contribution in [3.8, 4) is 11.5 Å². The van der Waals surface area contributed by atoms with Gasteiger partial charge < -0.3 is 25.1 Å². The number of halogens is 1. The van der Waals surface area contributed by atoms with Crippen LogP contribution in [-0.2, 0) is 16.4 Å². The maximum Gasteiger partial charge on any atom is 0.231 e. The second-order valence-corrected chi connectivity index (χ2v) is 12.5. The first-order valence-electron chi connectivity index (χ1n) is 11.6. The summed E-state index contributed by atoms with van der Waals surface area (Å²) in [4.78, 5) is 13.9. The molecule has 3 heterocycles. The molecule has 37 heavy (non-hydrogen) atoms. The monoisotopic (exact) mass is 604 g/mol. The molecular weight excluding hydrogens is 580 g/mol. The highest BCUT2D eigenvalue weighted by molar-refractivity contribution is 9.10. The number of nitrogen functional groups attached to an aromatic ring is 1. The van der Waals surface area contributed by atoms with Crippen LogP contribution < -0.4 is 20.5 Å². The van der Waals surface area contributed by atoms with Gasteiger partial charge in [-0.1, -0.05) is 41.5 Å². The zero-order valence-electron chi connectivity index (χ0n) is 20.1. The van der Waals surface area contributed by atoms with Gasteiger partial charge in [0.05, 0.1) is 9.79 Å². The first-order chi connectivity index (χ1) is 17.7. The smallest absolute Gasteiger partial charge is 0.231 e. The van der Waals surface area contributed by atoms with E-state index in [4.69, 9.17) is 20.2 Å². The van der Waals surface area contributed by atoms with Crippen molar-refractivity contribution in [2.45, 2.75) is 52.7 Å². The molecule has 194 valence electrons. The highest BCUT2D eigenvalue weighted by atomic mass is 79.9. The van der Waals surface area contributed by atoms with Gasteiger partial charge in [0, 0.05) is 28.0 Å². The number of nitrogens with zero attached hydrogens (tertiary/aromatic N) is 4. The maximum atomic E-state index is 13.7. The molecule has 0 fully saturated rings. The Morgan fingerprint density at radius 2 is 1.89 bits per heavy atom. The van der Waals surface area contributed by atoms with Crippen LogP contribution in [0.15, 0.2) is 67.0 Å². The molecule has 0 saturated carbocycles. The van der Waals surface area contributed by atoms with Gasteiger partial charge in [0.15, 0.2) is 33.6 Å². The van der Waals surface area contributed by atoms with Crippen molar-refractivity contribution in [3.05, 3.63) is 47.2 Å². The lowest BCUT2D eigenvalue weighted by Crippen LogP contribution is -2.24. The average Bonchev–Trinajstić information content (AvgIpc) is 3.46. The molecule has 0 atom stereocenters. The van der Waals surface area contributed by atoms with E-state index in [0.29, 0.717) is 45.3 Å². The number of hydrogen-bond donors (Lipinski definition) is 2. The molecule has 0 aliphatic carbocycles. The average molecular weight is 606 g/mol. The summed E-state index contributed by atoms with van der Waals surface area (Å²) in [6.45, 7) is 5.61. The second-order valence-electron chi connectivity index (χ2n) is 8.65. The maximum absolute atomic E-state index is 13.7. The lowest BCUT2D eigenvalue weighted by Gasteiger charge is -2.13. The number of imidazole rings is 1. The summed E-state index contributed by atoms with van der Waals surface area (Å²) in [6.07, 6.45) is 2.22. The van der Waals surface area contributed by atoms with Gasteiger partial charge in [-0.25, -0.2) is 23.4 Å². The molecule has 0 amide bonds. The van der Waals surface area contributed by atoms with Gasteiger partial charge in [-0.3, -0.25) is 0 Å². The number of fused-ring (bicyclic) bond motifs is 2. The third kappa shape index (κ3) is 5.26. The summed E-state index contributed by atoms with van der Waals surface area (Å²) in [5.74, 6) is 1.11. The van der Waals surface area contributed by atoms with Crippen molar-refractivity contribution in [1.29, 1.82) is 0 Å². The van der Waals surface area contributed by atoms with Crippen molar-refractivity contribution in [1.82, 2.24) is 24.8 Å². The molecule has 1 aliphatic heterocycles. The molecule has 2 aromatic carbocycles. The first-order valence-corrected chi connectivity index (χ1v) is 14.7. The fraction of sp³-hybridized carbons (Fsp3) is 0.292. The molecule has 0 bridgehead atoms. The summed E-state index contributed by atoms with van der Waals surface area (Å²) >= 11 is 4.57. The van der Waals surface area contributed by atoms with E-state index >= 15 is 0 Å². The number of hydrogen-bond acceptors (Lipinski definition) is 10. The third-order valence-corrected chi connectivity index (χ3v) is 9.21. The number of sulfone groups is 1. The van der Waals surface area contributed by atoms with Gasteiger partial charge in [-0.05, 0) is 43.3 Å². The van der Waals surface area contributed by atoms with Crippen molar-refractivity contribution >= 4 is 54.5 Å². The van der Waals surface area contributed by atoms with E-state index < -0.39 is 9.84 Å². The van der Waals surface area contributed by atoms with Crippen LogP contribution in [0.3, 0.4) is 0 Å². The number of nitrogens with one attached hydrogen (secondary N) is 1. The Labute approximate surface area is 227 Å². The van der Waals surface area contributed by atoms with Crippen LogP contribution in [-0.4, -0.2) is 47.3 Å². The number of benzene rings is 2. The molecule has 0 spiro atoms. The van der Waals surface area contributed by atoms with Gasteiger partial charge in [0.2, 0.25) is 16.6 Å². The number of ether oxygens (including phenoxy) is 2. The number of rotatable bonds is 9. The van der Waals surface area contributed by atoms with Crippen LogP contribution in [0.2, 0.25) is 0 Å². The molecule has 0 saturated heterocycles. The van der Waals surface area contributed by atoms with Crippen LogP contribution in [0.1, 0.15) is 20.3 Å². The van der Waals surface area contributed by atoms with Crippen molar-refractivity contribution in [3.63, 3.8) is 0 Å². The molecule has 0 radical (unpaired) electrons. The normalized spacial score (nSPS) is 13.1. The SMILES string of the molecule is CC(C)NCCCn1c(Sc2cc3c(cc2S(=O)(=O)c2ccc(Br)cc2)OCO3)nc2c(N)ncnc21. The molecule has 4 aromatic rings.